The van der Waals surface area contributed by atoms with Gasteiger partial charge in [-0.15, -0.1) is 22.7 Å². The lowest BCUT2D eigenvalue weighted by Crippen LogP contribution is -2.12. The first kappa shape index (κ1) is 12.3. The van der Waals surface area contributed by atoms with Crippen molar-refractivity contribution < 1.29 is 14.7 Å². The van der Waals surface area contributed by atoms with Crippen LogP contribution in [0.25, 0.3) is 0 Å². The van der Waals surface area contributed by atoms with Gasteiger partial charge in [0.1, 0.15) is 5.00 Å². The standard InChI is InChI=1S/C10H6BrNO3S2/c11-7-3-5(4-17-7)8(13)12-9-6(10(14)15)1-2-16-9/h1-4H,(H,12,13)(H,14,15). The Morgan fingerprint density at radius 3 is 2.71 bits per heavy atom. The van der Waals surface area contributed by atoms with Crippen molar-refractivity contribution in [3.63, 3.8) is 0 Å². The van der Waals surface area contributed by atoms with E-state index in [1.807, 2.05) is 0 Å². The molecule has 0 atom stereocenters. The Morgan fingerprint density at radius 2 is 2.12 bits per heavy atom. The van der Waals surface area contributed by atoms with Crippen LogP contribution in [0.4, 0.5) is 5.00 Å². The molecule has 0 aromatic carbocycles. The second-order valence-corrected chi connectivity index (χ2v) is 6.27. The fourth-order valence-corrected chi connectivity index (χ4v) is 3.09. The van der Waals surface area contributed by atoms with E-state index in [1.165, 1.54) is 28.7 Å². The Hall–Kier alpha value is -1.18. The van der Waals surface area contributed by atoms with Gasteiger partial charge in [0.15, 0.2) is 0 Å². The summed E-state index contributed by atoms with van der Waals surface area (Å²) in [7, 11) is 0. The molecule has 0 bridgehead atoms. The van der Waals surface area contributed by atoms with Crippen molar-refractivity contribution in [2.75, 3.05) is 5.32 Å². The molecule has 4 nitrogen and oxygen atoms in total. The fourth-order valence-electron chi connectivity index (χ4n) is 1.18. The summed E-state index contributed by atoms with van der Waals surface area (Å²) in [6.07, 6.45) is 0. The number of halogens is 1. The molecule has 2 N–H and O–H groups in total. The van der Waals surface area contributed by atoms with Crippen LogP contribution in [0, 0.1) is 0 Å². The maximum Gasteiger partial charge on any atom is 0.338 e. The Bertz CT molecular complexity index is 576. The number of nitrogens with one attached hydrogen (secondary N) is 1. The number of carboxylic acid groups (broad SMARTS) is 1. The van der Waals surface area contributed by atoms with Crippen LogP contribution >= 0.6 is 38.6 Å². The molecule has 2 aromatic heterocycles. The lowest BCUT2D eigenvalue weighted by atomic mass is 10.3. The van der Waals surface area contributed by atoms with E-state index in [4.69, 9.17) is 5.11 Å². The van der Waals surface area contributed by atoms with Gasteiger partial charge in [-0.05, 0) is 33.4 Å². The van der Waals surface area contributed by atoms with E-state index in [9.17, 15) is 9.59 Å². The number of carboxylic acids is 1. The molecule has 0 aliphatic heterocycles. The zero-order valence-electron chi connectivity index (χ0n) is 8.27. The van der Waals surface area contributed by atoms with E-state index in [2.05, 4.69) is 21.2 Å². The molecule has 0 aliphatic rings. The van der Waals surface area contributed by atoms with Gasteiger partial charge in [0, 0.05) is 5.38 Å². The first-order valence-corrected chi connectivity index (χ1v) is 6.99. The van der Waals surface area contributed by atoms with Crippen molar-refractivity contribution in [1.82, 2.24) is 0 Å². The van der Waals surface area contributed by atoms with E-state index in [-0.39, 0.29) is 11.5 Å². The van der Waals surface area contributed by atoms with E-state index in [0.29, 0.717) is 10.6 Å². The maximum atomic E-state index is 11.8. The number of hydrogen-bond acceptors (Lipinski definition) is 4. The number of carbonyl (C=O) groups excluding carboxylic acids is 1. The topological polar surface area (TPSA) is 66.4 Å². The third-order valence-electron chi connectivity index (χ3n) is 1.95. The highest BCUT2D eigenvalue weighted by Gasteiger charge is 2.15. The van der Waals surface area contributed by atoms with Crippen LogP contribution in [0.15, 0.2) is 26.7 Å². The number of rotatable bonds is 3. The van der Waals surface area contributed by atoms with E-state index < -0.39 is 5.97 Å². The number of aromatic carboxylic acids is 1. The van der Waals surface area contributed by atoms with Crippen molar-refractivity contribution in [3.05, 3.63) is 37.8 Å². The third kappa shape index (κ3) is 2.74. The number of amides is 1. The van der Waals surface area contributed by atoms with Crippen molar-refractivity contribution in [2.45, 2.75) is 0 Å². The zero-order chi connectivity index (χ0) is 12.4. The molecule has 0 spiro atoms. The summed E-state index contributed by atoms with van der Waals surface area (Å²) in [5.41, 5.74) is 0.615. The van der Waals surface area contributed by atoms with Gasteiger partial charge >= 0.3 is 5.97 Å². The Morgan fingerprint density at radius 1 is 1.35 bits per heavy atom. The average Bonchev–Trinajstić information content (AvgIpc) is 2.86. The van der Waals surface area contributed by atoms with Crippen LogP contribution < -0.4 is 5.32 Å². The molecular formula is C10H6BrNO3S2. The summed E-state index contributed by atoms with van der Waals surface area (Å²) in [6, 6.07) is 3.15. The smallest absolute Gasteiger partial charge is 0.338 e. The molecule has 2 rings (SSSR count). The van der Waals surface area contributed by atoms with Crippen LogP contribution in [0.2, 0.25) is 0 Å². The van der Waals surface area contributed by atoms with Crippen molar-refractivity contribution in [1.29, 1.82) is 0 Å². The minimum atomic E-state index is -1.05. The highest BCUT2D eigenvalue weighted by molar-refractivity contribution is 9.11. The Labute approximate surface area is 113 Å². The first-order chi connectivity index (χ1) is 8.08. The number of thiophene rings is 2. The quantitative estimate of drug-likeness (QED) is 0.904. The molecule has 1 amide bonds. The summed E-state index contributed by atoms with van der Waals surface area (Å²) in [6.45, 7) is 0. The van der Waals surface area contributed by atoms with E-state index in [0.717, 1.165) is 3.79 Å². The summed E-state index contributed by atoms with van der Waals surface area (Å²) >= 11 is 5.85. The third-order valence-corrected chi connectivity index (χ3v) is 4.29. The van der Waals surface area contributed by atoms with Crippen LogP contribution in [-0.2, 0) is 0 Å². The minimum Gasteiger partial charge on any atom is -0.478 e. The average molecular weight is 332 g/mol. The monoisotopic (exact) mass is 331 g/mol. The summed E-state index contributed by atoms with van der Waals surface area (Å²) in [4.78, 5) is 22.6. The second-order valence-electron chi connectivity index (χ2n) is 3.06. The Kier molecular flexibility index (Phi) is 3.60. The second kappa shape index (κ2) is 4.99. The number of carbonyl (C=O) groups is 2. The van der Waals surface area contributed by atoms with Gasteiger partial charge in [0.2, 0.25) is 0 Å². The van der Waals surface area contributed by atoms with Crippen LogP contribution in [0.1, 0.15) is 20.7 Å². The van der Waals surface area contributed by atoms with Crippen molar-refractivity contribution >= 4 is 55.5 Å². The lowest BCUT2D eigenvalue weighted by molar-refractivity contribution is 0.0698. The molecule has 0 unspecified atom stereocenters. The van der Waals surface area contributed by atoms with Crippen LogP contribution in [0.3, 0.4) is 0 Å². The lowest BCUT2D eigenvalue weighted by Gasteiger charge is -2.01. The molecule has 2 heterocycles. The van der Waals surface area contributed by atoms with Gasteiger partial charge in [-0.3, -0.25) is 4.79 Å². The number of hydrogen-bond donors (Lipinski definition) is 2. The van der Waals surface area contributed by atoms with E-state index in [1.54, 1.807) is 16.8 Å². The summed E-state index contributed by atoms with van der Waals surface area (Å²) in [5.74, 6) is -1.36. The highest BCUT2D eigenvalue weighted by Crippen LogP contribution is 2.25. The minimum absolute atomic E-state index is 0.109. The zero-order valence-corrected chi connectivity index (χ0v) is 11.5. The largest absolute Gasteiger partial charge is 0.478 e. The predicted octanol–water partition coefficient (Wildman–Crippen LogP) is 3.52. The molecule has 0 radical (unpaired) electrons. The van der Waals surface area contributed by atoms with E-state index >= 15 is 0 Å². The van der Waals surface area contributed by atoms with Crippen molar-refractivity contribution in [2.24, 2.45) is 0 Å². The normalized spacial score (nSPS) is 10.2. The first-order valence-electron chi connectivity index (χ1n) is 4.44. The SMILES string of the molecule is O=C(Nc1sccc1C(=O)O)c1csc(Br)c1. The van der Waals surface area contributed by atoms with Crippen LogP contribution in [0.5, 0.6) is 0 Å². The molecule has 0 aliphatic carbocycles. The number of anilines is 1. The molecule has 17 heavy (non-hydrogen) atoms. The van der Waals surface area contributed by atoms with Gasteiger partial charge in [-0.25, -0.2) is 4.79 Å². The molecule has 0 saturated carbocycles. The molecular weight excluding hydrogens is 326 g/mol. The molecule has 0 saturated heterocycles. The fraction of sp³-hybridized carbons (Fsp3) is 0. The summed E-state index contributed by atoms with van der Waals surface area (Å²) < 4.78 is 0.854. The molecule has 0 fully saturated rings. The molecule has 7 heteroatoms. The highest BCUT2D eigenvalue weighted by atomic mass is 79.9. The summed E-state index contributed by atoms with van der Waals surface area (Å²) in [5, 5.41) is 15.2. The predicted molar refractivity (Wildman–Crippen MR) is 71.3 cm³/mol. The van der Waals surface area contributed by atoms with Crippen LogP contribution in [-0.4, -0.2) is 17.0 Å². The van der Waals surface area contributed by atoms with Crippen molar-refractivity contribution in [3.8, 4) is 0 Å². The van der Waals surface area contributed by atoms with Gasteiger partial charge in [0.05, 0.1) is 14.9 Å². The Balaban J connectivity index is 2.18. The maximum absolute atomic E-state index is 11.8. The molecule has 88 valence electrons. The molecule has 2 aromatic rings. The van der Waals surface area contributed by atoms with Gasteiger partial charge < -0.3 is 10.4 Å². The van der Waals surface area contributed by atoms with Gasteiger partial charge in [-0.2, -0.15) is 0 Å². The van der Waals surface area contributed by atoms with Gasteiger partial charge in [-0.1, -0.05) is 0 Å². The van der Waals surface area contributed by atoms with Gasteiger partial charge in [0.25, 0.3) is 5.91 Å².